The number of piperidine rings is 1. The lowest BCUT2D eigenvalue weighted by Gasteiger charge is -2.31. The first-order valence-electron chi connectivity index (χ1n) is 8.91. The summed E-state index contributed by atoms with van der Waals surface area (Å²) >= 11 is 6.11. The van der Waals surface area contributed by atoms with Crippen LogP contribution in [0.15, 0.2) is 47.4 Å². The van der Waals surface area contributed by atoms with Crippen LogP contribution < -0.4 is 5.32 Å². The third-order valence-corrected chi connectivity index (χ3v) is 7.14. The molecule has 0 unspecified atom stereocenters. The summed E-state index contributed by atoms with van der Waals surface area (Å²) in [5, 5.41) is 3.44. The minimum absolute atomic E-state index is 0.182. The topological polar surface area (TPSA) is 66.5 Å². The second-order valence-corrected chi connectivity index (χ2v) is 9.31. The lowest BCUT2D eigenvalue weighted by molar-refractivity contribution is -0.120. The Morgan fingerprint density at radius 1 is 1.15 bits per heavy atom. The lowest BCUT2D eigenvalue weighted by atomic mass is 9.98. The van der Waals surface area contributed by atoms with Crippen LogP contribution >= 0.6 is 11.6 Å². The predicted molar refractivity (Wildman–Crippen MR) is 107 cm³/mol. The van der Waals surface area contributed by atoms with E-state index in [4.69, 9.17) is 11.6 Å². The summed E-state index contributed by atoms with van der Waals surface area (Å²) in [4.78, 5) is 12.9. The van der Waals surface area contributed by atoms with E-state index in [-0.39, 0.29) is 23.3 Å². The molecule has 0 aromatic heterocycles. The van der Waals surface area contributed by atoms with Gasteiger partial charge in [0, 0.05) is 23.8 Å². The van der Waals surface area contributed by atoms with Crippen LogP contribution in [0.4, 0.5) is 5.69 Å². The smallest absolute Gasteiger partial charge is 0.243 e. The Balaban J connectivity index is 1.72. The molecule has 0 radical (unpaired) electrons. The number of hydrogen-bond donors (Lipinski definition) is 1. The number of benzene rings is 2. The average Bonchev–Trinajstić information content (AvgIpc) is 2.65. The van der Waals surface area contributed by atoms with Gasteiger partial charge in [-0.3, -0.25) is 4.79 Å². The van der Waals surface area contributed by atoms with Gasteiger partial charge in [0.15, 0.2) is 0 Å². The molecule has 27 heavy (non-hydrogen) atoms. The number of sulfonamides is 1. The first kappa shape index (κ1) is 19.9. The zero-order valence-electron chi connectivity index (χ0n) is 15.4. The highest BCUT2D eigenvalue weighted by Gasteiger charge is 2.33. The first-order valence-corrected chi connectivity index (χ1v) is 10.7. The molecule has 5 nitrogen and oxygen atoms in total. The molecule has 0 spiro atoms. The number of amides is 1. The fourth-order valence-electron chi connectivity index (χ4n) is 3.15. The largest absolute Gasteiger partial charge is 0.326 e. The monoisotopic (exact) mass is 406 g/mol. The number of anilines is 1. The van der Waals surface area contributed by atoms with Gasteiger partial charge in [-0.1, -0.05) is 35.4 Å². The maximum atomic E-state index is 12.9. The van der Waals surface area contributed by atoms with Crippen LogP contribution in [0.3, 0.4) is 0 Å². The molecule has 144 valence electrons. The number of nitrogens with zero attached hydrogens (tertiary/aromatic N) is 1. The number of aryl methyl sites for hydroxylation is 2. The lowest BCUT2D eigenvalue weighted by Crippen LogP contribution is -2.43. The van der Waals surface area contributed by atoms with Crippen molar-refractivity contribution in [3.05, 3.63) is 58.6 Å². The molecule has 1 fully saturated rings. The van der Waals surface area contributed by atoms with Crippen molar-refractivity contribution in [3.8, 4) is 0 Å². The molecule has 1 saturated heterocycles. The third kappa shape index (κ3) is 4.51. The quantitative estimate of drug-likeness (QED) is 0.834. The van der Waals surface area contributed by atoms with Gasteiger partial charge in [0.25, 0.3) is 0 Å². The van der Waals surface area contributed by atoms with E-state index in [2.05, 4.69) is 5.32 Å². The van der Waals surface area contributed by atoms with Gasteiger partial charge < -0.3 is 5.32 Å². The second kappa shape index (κ2) is 8.00. The summed E-state index contributed by atoms with van der Waals surface area (Å²) in [6.07, 6.45) is 1.31. The third-order valence-electron chi connectivity index (χ3n) is 4.85. The van der Waals surface area contributed by atoms with Gasteiger partial charge in [-0.05, 0) is 56.5 Å². The minimum Gasteiger partial charge on any atom is -0.326 e. The Hall–Kier alpha value is -1.89. The van der Waals surface area contributed by atoms with E-state index in [0.29, 0.717) is 30.1 Å². The maximum absolute atomic E-state index is 12.9. The molecule has 0 saturated carbocycles. The fourth-order valence-corrected chi connectivity index (χ4v) is 4.85. The molecule has 1 aliphatic heterocycles. The number of halogens is 1. The maximum Gasteiger partial charge on any atom is 0.243 e. The predicted octanol–water partition coefficient (Wildman–Crippen LogP) is 4.00. The molecular formula is C20H23ClN2O3S. The number of hydrogen-bond acceptors (Lipinski definition) is 3. The molecule has 7 heteroatoms. The number of carbonyl (C=O) groups is 1. The van der Waals surface area contributed by atoms with Crippen molar-refractivity contribution >= 4 is 33.2 Å². The molecule has 1 aliphatic rings. The molecule has 2 aromatic carbocycles. The van der Waals surface area contributed by atoms with Gasteiger partial charge in [0.05, 0.1) is 10.8 Å². The van der Waals surface area contributed by atoms with E-state index in [1.807, 2.05) is 19.9 Å². The SMILES string of the molecule is Cc1ccc(S(=O)(=O)N2CCC[C@@H](C(=O)Nc3ccc(C)c(Cl)c3)C2)cc1. The van der Waals surface area contributed by atoms with Gasteiger partial charge in [0.2, 0.25) is 15.9 Å². The molecule has 1 heterocycles. The summed E-state index contributed by atoms with van der Waals surface area (Å²) < 4.78 is 27.2. The minimum atomic E-state index is -3.60. The van der Waals surface area contributed by atoms with Crippen molar-refractivity contribution in [2.45, 2.75) is 31.6 Å². The summed E-state index contributed by atoms with van der Waals surface area (Å²) in [7, 11) is -3.60. The first-order chi connectivity index (χ1) is 12.8. The summed E-state index contributed by atoms with van der Waals surface area (Å²) in [5.74, 6) is -0.572. The van der Waals surface area contributed by atoms with Crippen molar-refractivity contribution in [2.75, 3.05) is 18.4 Å². The Morgan fingerprint density at radius 3 is 2.52 bits per heavy atom. The Kier molecular flexibility index (Phi) is 5.89. The molecular weight excluding hydrogens is 384 g/mol. The standard InChI is InChI=1S/C20H23ClN2O3S/c1-14-5-9-18(10-6-14)27(25,26)23-11-3-4-16(13-23)20(24)22-17-8-7-15(2)19(21)12-17/h5-10,12,16H,3-4,11,13H2,1-2H3,(H,22,24)/t16-/m1/s1. The molecule has 1 amide bonds. The van der Waals surface area contributed by atoms with E-state index in [9.17, 15) is 13.2 Å². The molecule has 1 N–H and O–H groups in total. The highest BCUT2D eigenvalue weighted by atomic mass is 35.5. The van der Waals surface area contributed by atoms with Crippen molar-refractivity contribution < 1.29 is 13.2 Å². The van der Waals surface area contributed by atoms with E-state index >= 15 is 0 Å². The van der Waals surface area contributed by atoms with Crippen molar-refractivity contribution in [3.63, 3.8) is 0 Å². The van der Waals surface area contributed by atoms with Gasteiger partial charge in [-0.25, -0.2) is 8.42 Å². The van der Waals surface area contributed by atoms with E-state index in [0.717, 1.165) is 11.1 Å². The Bertz CT molecular complexity index is 942. The zero-order valence-corrected chi connectivity index (χ0v) is 17.0. The number of nitrogens with one attached hydrogen (secondary N) is 1. The molecule has 3 rings (SSSR count). The van der Waals surface area contributed by atoms with Crippen LogP contribution in [0.2, 0.25) is 5.02 Å². The van der Waals surface area contributed by atoms with Crippen LogP contribution in [-0.4, -0.2) is 31.7 Å². The second-order valence-electron chi connectivity index (χ2n) is 6.97. The van der Waals surface area contributed by atoms with Crippen LogP contribution in [0.25, 0.3) is 0 Å². The average molecular weight is 407 g/mol. The number of carbonyl (C=O) groups excluding carboxylic acids is 1. The van der Waals surface area contributed by atoms with Crippen LogP contribution in [0, 0.1) is 19.8 Å². The van der Waals surface area contributed by atoms with Crippen LogP contribution in [0.5, 0.6) is 0 Å². The summed E-state index contributed by atoms with van der Waals surface area (Å²) in [5.41, 5.74) is 2.55. The molecule has 2 aromatic rings. The van der Waals surface area contributed by atoms with Crippen LogP contribution in [-0.2, 0) is 14.8 Å². The van der Waals surface area contributed by atoms with Gasteiger partial charge in [0.1, 0.15) is 0 Å². The van der Waals surface area contributed by atoms with Gasteiger partial charge in [-0.15, -0.1) is 0 Å². The van der Waals surface area contributed by atoms with Crippen molar-refractivity contribution in [1.29, 1.82) is 0 Å². The normalized spacial score (nSPS) is 18.3. The number of rotatable bonds is 4. The highest BCUT2D eigenvalue weighted by Crippen LogP contribution is 2.26. The van der Waals surface area contributed by atoms with Crippen LogP contribution in [0.1, 0.15) is 24.0 Å². The molecule has 0 aliphatic carbocycles. The Labute approximate surface area is 165 Å². The fraction of sp³-hybridized carbons (Fsp3) is 0.350. The zero-order chi connectivity index (χ0) is 19.6. The van der Waals surface area contributed by atoms with E-state index in [1.165, 1.54) is 4.31 Å². The summed E-state index contributed by atoms with van der Waals surface area (Å²) in [6, 6.07) is 12.1. The van der Waals surface area contributed by atoms with E-state index in [1.54, 1.807) is 36.4 Å². The highest BCUT2D eigenvalue weighted by molar-refractivity contribution is 7.89. The molecule has 1 atom stereocenters. The van der Waals surface area contributed by atoms with Gasteiger partial charge >= 0.3 is 0 Å². The van der Waals surface area contributed by atoms with Crippen molar-refractivity contribution in [2.24, 2.45) is 5.92 Å². The molecule has 0 bridgehead atoms. The van der Waals surface area contributed by atoms with Crippen molar-refractivity contribution in [1.82, 2.24) is 4.31 Å². The summed E-state index contributed by atoms with van der Waals surface area (Å²) in [6.45, 7) is 4.41. The Morgan fingerprint density at radius 2 is 1.85 bits per heavy atom. The van der Waals surface area contributed by atoms with Gasteiger partial charge in [-0.2, -0.15) is 4.31 Å². The van der Waals surface area contributed by atoms with E-state index < -0.39 is 10.0 Å².